The summed E-state index contributed by atoms with van der Waals surface area (Å²) < 4.78 is 2.37. The number of halogens is 1. The molecule has 78 valence electrons. The molecular weight excluding hydrogens is 246 g/mol. The zero-order valence-electron chi connectivity index (χ0n) is 8.62. The van der Waals surface area contributed by atoms with Crippen molar-refractivity contribution in [1.29, 1.82) is 0 Å². The largest absolute Gasteiger partial charge is 0.339 e. The molecule has 0 spiro atoms. The average Bonchev–Trinajstić information content (AvgIpc) is 2.49. The Kier molecular flexibility index (Phi) is 3.69. The highest BCUT2D eigenvalue weighted by molar-refractivity contribution is 9.10. The van der Waals surface area contributed by atoms with Crippen LogP contribution in [0.4, 0.5) is 0 Å². The fraction of sp³-hybridized carbons (Fsp3) is 0.556. The van der Waals surface area contributed by atoms with Crippen molar-refractivity contribution in [2.45, 2.75) is 13.8 Å². The molecule has 1 rings (SSSR count). The molecule has 0 aliphatic heterocycles. The van der Waals surface area contributed by atoms with Crippen LogP contribution < -0.4 is 0 Å². The maximum atomic E-state index is 11.9. The Labute approximate surface area is 92.0 Å². The van der Waals surface area contributed by atoms with E-state index in [0.29, 0.717) is 5.56 Å². The first-order valence-electron chi connectivity index (χ1n) is 4.58. The minimum absolute atomic E-state index is 0.0231. The van der Waals surface area contributed by atoms with E-state index < -0.39 is 0 Å². The lowest BCUT2D eigenvalue weighted by molar-refractivity contribution is 0.0772. The topological polar surface area (TPSA) is 38.1 Å². The molecule has 0 aromatic carbocycles. The Morgan fingerprint density at radius 3 is 2.50 bits per heavy atom. The number of hydrogen-bond acceptors (Lipinski definition) is 2. The zero-order valence-corrected chi connectivity index (χ0v) is 10.2. The zero-order chi connectivity index (χ0) is 10.7. The van der Waals surface area contributed by atoms with E-state index in [0.717, 1.165) is 17.7 Å². The van der Waals surface area contributed by atoms with E-state index in [1.54, 1.807) is 22.8 Å². The summed E-state index contributed by atoms with van der Waals surface area (Å²) in [5.41, 5.74) is 0.621. The SMILES string of the molecule is CCN(CC)C(=O)c1cnn(C)c1Br. The summed E-state index contributed by atoms with van der Waals surface area (Å²) in [4.78, 5) is 13.6. The lowest BCUT2D eigenvalue weighted by Crippen LogP contribution is -2.30. The molecule has 0 saturated heterocycles. The molecule has 5 heteroatoms. The van der Waals surface area contributed by atoms with Crippen LogP contribution >= 0.6 is 15.9 Å². The molecule has 14 heavy (non-hydrogen) atoms. The molecule has 0 N–H and O–H groups in total. The number of aromatic nitrogens is 2. The third-order valence-corrected chi connectivity index (χ3v) is 3.09. The standard InChI is InChI=1S/C9H14BrN3O/c1-4-13(5-2)9(14)7-6-11-12(3)8(7)10/h6H,4-5H2,1-3H3. The molecule has 0 saturated carbocycles. The summed E-state index contributed by atoms with van der Waals surface area (Å²) in [6.07, 6.45) is 1.59. The van der Waals surface area contributed by atoms with Crippen molar-refractivity contribution in [3.05, 3.63) is 16.4 Å². The number of nitrogens with zero attached hydrogens (tertiary/aromatic N) is 3. The number of carbonyl (C=O) groups is 1. The average molecular weight is 260 g/mol. The molecule has 1 heterocycles. The van der Waals surface area contributed by atoms with Crippen LogP contribution in [0.1, 0.15) is 24.2 Å². The van der Waals surface area contributed by atoms with Gasteiger partial charge < -0.3 is 4.90 Å². The molecule has 0 aliphatic rings. The van der Waals surface area contributed by atoms with Crippen LogP contribution in [0.25, 0.3) is 0 Å². The lowest BCUT2D eigenvalue weighted by atomic mass is 10.3. The lowest BCUT2D eigenvalue weighted by Gasteiger charge is -2.17. The maximum Gasteiger partial charge on any atom is 0.258 e. The van der Waals surface area contributed by atoms with Crippen molar-refractivity contribution in [3.8, 4) is 0 Å². The third-order valence-electron chi connectivity index (χ3n) is 2.15. The monoisotopic (exact) mass is 259 g/mol. The normalized spacial score (nSPS) is 10.3. The Balaban J connectivity index is 2.94. The molecule has 1 amide bonds. The van der Waals surface area contributed by atoms with Gasteiger partial charge in [0.2, 0.25) is 0 Å². The van der Waals surface area contributed by atoms with E-state index >= 15 is 0 Å². The fourth-order valence-corrected chi connectivity index (χ4v) is 1.61. The van der Waals surface area contributed by atoms with Gasteiger partial charge in [-0.05, 0) is 29.8 Å². The van der Waals surface area contributed by atoms with Crippen LogP contribution in [0, 0.1) is 0 Å². The van der Waals surface area contributed by atoms with Crippen LogP contribution in [0.2, 0.25) is 0 Å². The number of hydrogen-bond donors (Lipinski definition) is 0. The highest BCUT2D eigenvalue weighted by Gasteiger charge is 2.18. The number of carbonyl (C=O) groups excluding carboxylic acids is 1. The van der Waals surface area contributed by atoms with Gasteiger partial charge in [-0.2, -0.15) is 5.10 Å². The van der Waals surface area contributed by atoms with E-state index in [1.807, 2.05) is 13.8 Å². The Hall–Kier alpha value is -0.840. The van der Waals surface area contributed by atoms with Crippen LogP contribution in [-0.2, 0) is 7.05 Å². The van der Waals surface area contributed by atoms with Crippen LogP contribution in [-0.4, -0.2) is 33.7 Å². The summed E-state index contributed by atoms with van der Waals surface area (Å²) in [5, 5.41) is 4.01. The van der Waals surface area contributed by atoms with Gasteiger partial charge in [0.15, 0.2) is 0 Å². The first-order chi connectivity index (χ1) is 6.61. The Morgan fingerprint density at radius 2 is 2.14 bits per heavy atom. The van der Waals surface area contributed by atoms with Crippen molar-refractivity contribution in [2.75, 3.05) is 13.1 Å². The van der Waals surface area contributed by atoms with Crippen LogP contribution in [0.3, 0.4) is 0 Å². The number of aryl methyl sites for hydroxylation is 1. The second kappa shape index (κ2) is 4.59. The minimum atomic E-state index is 0.0231. The van der Waals surface area contributed by atoms with Gasteiger partial charge in [-0.1, -0.05) is 0 Å². The first kappa shape index (κ1) is 11.2. The summed E-state index contributed by atoms with van der Waals surface area (Å²) in [5.74, 6) is 0.0231. The smallest absolute Gasteiger partial charge is 0.258 e. The quantitative estimate of drug-likeness (QED) is 0.829. The summed E-state index contributed by atoms with van der Waals surface area (Å²) in [7, 11) is 1.79. The molecule has 1 aromatic heterocycles. The molecular formula is C9H14BrN3O. The van der Waals surface area contributed by atoms with Gasteiger partial charge in [0.25, 0.3) is 5.91 Å². The van der Waals surface area contributed by atoms with Gasteiger partial charge in [0.1, 0.15) is 4.60 Å². The molecule has 0 bridgehead atoms. The molecule has 0 fully saturated rings. The summed E-state index contributed by atoms with van der Waals surface area (Å²) >= 11 is 3.33. The number of amides is 1. The molecule has 4 nitrogen and oxygen atoms in total. The van der Waals surface area contributed by atoms with Crippen LogP contribution in [0.15, 0.2) is 10.8 Å². The van der Waals surface area contributed by atoms with Gasteiger partial charge >= 0.3 is 0 Å². The Bertz CT molecular complexity index is 331. The highest BCUT2D eigenvalue weighted by Crippen LogP contribution is 2.16. The summed E-state index contributed by atoms with van der Waals surface area (Å²) in [6, 6.07) is 0. The van der Waals surface area contributed by atoms with Crippen molar-refractivity contribution < 1.29 is 4.79 Å². The van der Waals surface area contributed by atoms with Crippen LogP contribution in [0.5, 0.6) is 0 Å². The van der Waals surface area contributed by atoms with Gasteiger partial charge in [0.05, 0.1) is 11.8 Å². The van der Waals surface area contributed by atoms with E-state index in [2.05, 4.69) is 21.0 Å². The molecule has 0 atom stereocenters. The predicted molar refractivity (Wildman–Crippen MR) is 58.2 cm³/mol. The molecule has 1 aromatic rings. The second-order valence-electron chi connectivity index (χ2n) is 2.95. The van der Waals surface area contributed by atoms with Crippen molar-refractivity contribution in [2.24, 2.45) is 7.05 Å². The van der Waals surface area contributed by atoms with Gasteiger partial charge in [-0.25, -0.2) is 0 Å². The number of rotatable bonds is 3. The van der Waals surface area contributed by atoms with Gasteiger partial charge in [-0.3, -0.25) is 9.48 Å². The van der Waals surface area contributed by atoms with Crippen molar-refractivity contribution in [3.63, 3.8) is 0 Å². The van der Waals surface area contributed by atoms with E-state index in [9.17, 15) is 4.79 Å². The van der Waals surface area contributed by atoms with Crippen molar-refractivity contribution in [1.82, 2.24) is 14.7 Å². The first-order valence-corrected chi connectivity index (χ1v) is 5.37. The Morgan fingerprint density at radius 1 is 1.57 bits per heavy atom. The van der Waals surface area contributed by atoms with Gasteiger partial charge in [-0.15, -0.1) is 0 Å². The molecule has 0 radical (unpaired) electrons. The second-order valence-corrected chi connectivity index (χ2v) is 3.70. The maximum absolute atomic E-state index is 11.9. The minimum Gasteiger partial charge on any atom is -0.339 e. The van der Waals surface area contributed by atoms with E-state index in [-0.39, 0.29) is 5.91 Å². The molecule has 0 aliphatic carbocycles. The van der Waals surface area contributed by atoms with Gasteiger partial charge in [0, 0.05) is 20.1 Å². The third kappa shape index (κ3) is 1.97. The van der Waals surface area contributed by atoms with Crippen molar-refractivity contribution >= 4 is 21.8 Å². The summed E-state index contributed by atoms with van der Waals surface area (Å²) in [6.45, 7) is 5.37. The predicted octanol–water partition coefficient (Wildman–Crippen LogP) is 1.66. The van der Waals surface area contributed by atoms with E-state index in [1.165, 1.54) is 0 Å². The highest BCUT2D eigenvalue weighted by atomic mass is 79.9. The molecule has 0 unspecified atom stereocenters. The fourth-order valence-electron chi connectivity index (χ4n) is 1.25. The van der Waals surface area contributed by atoms with E-state index in [4.69, 9.17) is 0 Å².